The first kappa shape index (κ1) is 8.48. The van der Waals surface area contributed by atoms with Crippen molar-refractivity contribution >= 4 is 22.3 Å². The van der Waals surface area contributed by atoms with Crippen molar-refractivity contribution in [2.45, 2.75) is 6.92 Å². The third-order valence-electron chi connectivity index (χ3n) is 1.40. The van der Waals surface area contributed by atoms with Crippen LogP contribution in [0.25, 0.3) is 0 Å². The Hall–Kier alpha value is -0.614. The van der Waals surface area contributed by atoms with Crippen molar-refractivity contribution in [3.63, 3.8) is 0 Å². The zero-order valence-corrected chi connectivity index (χ0v) is 9.20. The molecule has 11 heavy (non-hydrogen) atoms. The SMILES string of the molecule is [CH2]=[Ga][n]1cc(C)ncc1=NC. The zero-order chi connectivity index (χ0) is 8.27. The Morgan fingerprint density at radius 1 is 1.73 bits per heavy atom. The molecule has 0 bridgehead atoms. The van der Waals surface area contributed by atoms with E-state index in [0.29, 0.717) is 0 Å². The molecule has 0 aliphatic heterocycles. The van der Waals surface area contributed by atoms with E-state index in [1.54, 1.807) is 13.2 Å². The van der Waals surface area contributed by atoms with Crippen LogP contribution in [0.15, 0.2) is 17.4 Å². The molecule has 0 saturated heterocycles. The van der Waals surface area contributed by atoms with E-state index in [-0.39, 0.29) is 0 Å². The van der Waals surface area contributed by atoms with Crippen molar-refractivity contribution < 1.29 is 0 Å². The van der Waals surface area contributed by atoms with E-state index >= 15 is 0 Å². The van der Waals surface area contributed by atoms with Crippen LogP contribution >= 0.6 is 0 Å². The van der Waals surface area contributed by atoms with Crippen molar-refractivity contribution in [2.24, 2.45) is 4.99 Å². The fourth-order valence-corrected chi connectivity index (χ4v) is 2.29. The van der Waals surface area contributed by atoms with Crippen LogP contribution < -0.4 is 5.49 Å². The average Bonchev–Trinajstić information content (AvgIpc) is 2.04. The van der Waals surface area contributed by atoms with Gasteiger partial charge in [-0.3, -0.25) is 0 Å². The number of rotatable bonds is 1. The number of hydrogen-bond acceptors (Lipinski definition) is 2. The molecule has 0 spiro atoms. The Balaban J connectivity index is 3.40. The van der Waals surface area contributed by atoms with Gasteiger partial charge in [0, 0.05) is 0 Å². The summed E-state index contributed by atoms with van der Waals surface area (Å²) in [5.74, 6) is 0. The molecule has 0 fully saturated rings. The quantitative estimate of drug-likeness (QED) is 0.576. The van der Waals surface area contributed by atoms with Gasteiger partial charge in [0.05, 0.1) is 0 Å². The average molecular weight is 206 g/mol. The molecule has 3 nitrogen and oxygen atoms in total. The van der Waals surface area contributed by atoms with Crippen LogP contribution in [0.5, 0.6) is 0 Å². The molecule has 0 saturated carbocycles. The monoisotopic (exact) mass is 205 g/mol. The summed E-state index contributed by atoms with van der Waals surface area (Å²) in [7, 11) is 1.77. The normalized spacial score (nSPS) is 11.3. The number of aromatic nitrogens is 2. The second-order valence-corrected chi connectivity index (χ2v) is 4.13. The molecule has 0 aliphatic carbocycles. The maximum absolute atomic E-state index is 4.14. The Kier molecular flexibility index (Phi) is 2.84. The van der Waals surface area contributed by atoms with Gasteiger partial charge < -0.3 is 0 Å². The van der Waals surface area contributed by atoms with E-state index in [0.717, 1.165) is 11.2 Å². The third-order valence-corrected chi connectivity index (χ3v) is 3.09. The van der Waals surface area contributed by atoms with Crippen LogP contribution in [0.2, 0.25) is 0 Å². The molecule has 56 valence electrons. The molecule has 1 rings (SSSR count). The van der Waals surface area contributed by atoms with Crippen molar-refractivity contribution in [3.8, 4) is 0 Å². The molecule has 4 heteroatoms. The number of nitrogens with zero attached hydrogens (tertiary/aromatic N) is 3. The van der Waals surface area contributed by atoms with Gasteiger partial charge in [-0.2, -0.15) is 0 Å². The minimum atomic E-state index is -0.578. The van der Waals surface area contributed by atoms with Gasteiger partial charge in [0.25, 0.3) is 0 Å². The molecule has 0 amide bonds. The Labute approximate surface area is 73.4 Å². The Bertz CT molecular complexity index is 327. The van der Waals surface area contributed by atoms with Gasteiger partial charge >= 0.3 is 73.1 Å². The maximum atomic E-state index is 4.14. The first-order chi connectivity index (χ1) is 5.27. The van der Waals surface area contributed by atoms with Gasteiger partial charge in [0.2, 0.25) is 0 Å². The molecule has 0 aliphatic rings. The van der Waals surface area contributed by atoms with E-state index < -0.39 is 17.2 Å². The van der Waals surface area contributed by atoms with Gasteiger partial charge in [0.15, 0.2) is 0 Å². The first-order valence-corrected chi connectivity index (χ1v) is 6.17. The van der Waals surface area contributed by atoms with E-state index in [1.807, 2.05) is 13.1 Å². The Morgan fingerprint density at radius 3 is 3.00 bits per heavy atom. The Morgan fingerprint density at radius 2 is 2.45 bits per heavy atom. The van der Waals surface area contributed by atoms with E-state index in [4.69, 9.17) is 0 Å². The molecule has 0 N–H and O–H groups in total. The third kappa shape index (κ3) is 1.91. The predicted octanol–water partition coefficient (Wildman–Crippen LogP) is -0.379. The van der Waals surface area contributed by atoms with E-state index in [9.17, 15) is 0 Å². The van der Waals surface area contributed by atoms with Gasteiger partial charge in [0.1, 0.15) is 0 Å². The molecule has 1 aromatic heterocycles. The molecule has 0 atom stereocenters. The molecule has 0 unspecified atom stereocenters. The summed E-state index contributed by atoms with van der Waals surface area (Å²) >= 11 is -0.578. The van der Waals surface area contributed by atoms with Crippen molar-refractivity contribution in [2.75, 3.05) is 7.05 Å². The molecule has 1 heterocycles. The number of aryl methyl sites for hydroxylation is 1. The fraction of sp³-hybridized carbons (Fsp3) is 0.286. The standard InChI is InChI=1S/C6H8N3.CH2.Ga/c1-5-3-9-6(7-2)4-8-5;;/h3-4H,1-2H3;1H2;/q-1;;+1. The number of hydrogen-bond donors (Lipinski definition) is 0. The van der Waals surface area contributed by atoms with Gasteiger partial charge in [-0.05, 0) is 0 Å². The van der Waals surface area contributed by atoms with E-state index in [1.165, 1.54) is 0 Å². The van der Waals surface area contributed by atoms with Crippen LogP contribution in [0.3, 0.4) is 0 Å². The summed E-state index contributed by atoms with van der Waals surface area (Å²) in [6, 6.07) is 0. The second kappa shape index (κ2) is 3.68. The molecular formula is C7H10GaN3. The molecule has 0 radical (unpaired) electrons. The van der Waals surface area contributed by atoms with Crippen molar-refractivity contribution in [1.82, 2.24) is 8.26 Å². The van der Waals surface area contributed by atoms with Crippen molar-refractivity contribution in [3.05, 3.63) is 23.6 Å². The summed E-state index contributed by atoms with van der Waals surface area (Å²) in [6.07, 6.45) is 3.80. The van der Waals surface area contributed by atoms with Crippen LogP contribution in [-0.4, -0.2) is 37.6 Å². The van der Waals surface area contributed by atoms with Crippen LogP contribution in [0.4, 0.5) is 0 Å². The first-order valence-electron chi connectivity index (χ1n) is 3.38. The molecule has 0 aromatic carbocycles. The fourth-order valence-electron chi connectivity index (χ4n) is 0.846. The summed E-state index contributed by atoms with van der Waals surface area (Å²) < 4.78 is 2.12. The summed E-state index contributed by atoms with van der Waals surface area (Å²) in [5, 5.41) is 3.94. The van der Waals surface area contributed by atoms with Crippen LogP contribution in [-0.2, 0) is 0 Å². The van der Waals surface area contributed by atoms with Crippen LogP contribution in [0, 0.1) is 6.92 Å². The minimum absolute atomic E-state index is 0.578. The van der Waals surface area contributed by atoms with Crippen LogP contribution in [0.1, 0.15) is 5.69 Å². The van der Waals surface area contributed by atoms with Crippen molar-refractivity contribution in [1.29, 1.82) is 0 Å². The zero-order valence-electron chi connectivity index (χ0n) is 6.78. The summed E-state index contributed by atoms with van der Waals surface area (Å²) in [5.41, 5.74) is 1.96. The summed E-state index contributed by atoms with van der Waals surface area (Å²) in [6.45, 7) is 1.98. The van der Waals surface area contributed by atoms with Gasteiger partial charge in [-0.15, -0.1) is 0 Å². The topological polar surface area (TPSA) is 30.2 Å². The molecule has 1 aromatic rings. The summed E-state index contributed by atoms with van der Waals surface area (Å²) in [4.78, 5) is 8.22. The second-order valence-electron chi connectivity index (χ2n) is 2.20. The van der Waals surface area contributed by atoms with Gasteiger partial charge in [-0.25, -0.2) is 0 Å². The van der Waals surface area contributed by atoms with Gasteiger partial charge in [-0.1, -0.05) is 0 Å². The predicted molar refractivity (Wildman–Crippen MR) is 46.7 cm³/mol. The molecular weight excluding hydrogens is 196 g/mol. The van der Waals surface area contributed by atoms with E-state index in [2.05, 4.69) is 18.3 Å².